The first-order chi connectivity index (χ1) is 16.3. The lowest BCUT2D eigenvalue weighted by molar-refractivity contribution is -0.150. The minimum atomic E-state index is -1.22. The summed E-state index contributed by atoms with van der Waals surface area (Å²) in [6, 6.07) is -0.924. The molecular weight excluding hydrogens is 506 g/mol. The number of nitrogens with one attached hydrogen (secondary N) is 1. The van der Waals surface area contributed by atoms with Crippen molar-refractivity contribution in [2.75, 3.05) is 23.8 Å². The maximum absolute atomic E-state index is 12.9. The van der Waals surface area contributed by atoms with E-state index in [1.807, 2.05) is 0 Å². The van der Waals surface area contributed by atoms with Crippen molar-refractivity contribution in [1.29, 1.82) is 0 Å². The van der Waals surface area contributed by atoms with Gasteiger partial charge in [-0.15, -0.1) is 28.2 Å². The number of fused-ring (bicyclic) bond motifs is 1. The molecule has 1 saturated heterocycles. The first-order valence-electron chi connectivity index (χ1n) is 9.79. The van der Waals surface area contributed by atoms with E-state index in [1.54, 1.807) is 19.4 Å². The lowest BCUT2D eigenvalue weighted by atomic mass is 10.0. The number of thioether (sulfide) groups is 2. The first-order valence-corrected chi connectivity index (χ1v) is 12.7. The number of hydrogen-bond acceptors (Lipinski definition) is 13. The Morgan fingerprint density at radius 3 is 2.88 bits per heavy atom. The summed E-state index contributed by atoms with van der Waals surface area (Å²) in [5, 5.41) is 29.2. The molecule has 2 amide bonds. The number of carboxylic acids is 1. The molecular formula is C17H19N9O5S3. The summed E-state index contributed by atoms with van der Waals surface area (Å²) in [4.78, 5) is 48.1. The van der Waals surface area contributed by atoms with Crippen molar-refractivity contribution in [3.63, 3.8) is 0 Å². The Morgan fingerprint density at radius 1 is 1.47 bits per heavy atom. The van der Waals surface area contributed by atoms with Gasteiger partial charge in [-0.3, -0.25) is 14.5 Å². The minimum Gasteiger partial charge on any atom is -0.477 e. The molecule has 0 radical (unpaired) electrons. The van der Waals surface area contributed by atoms with Gasteiger partial charge in [-0.25, -0.2) is 14.5 Å². The molecule has 4 rings (SSSR count). The number of anilines is 1. The van der Waals surface area contributed by atoms with Crippen LogP contribution >= 0.6 is 34.9 Å². The minimum absolute atomic E-state index is 0.0858. The third-order valence-corrected chi connectivity index (χ3v) is 7.87. The second-order valence-corrected chi connectivity index (χ2v) is 9.86. The topological polar surface area (TPSA) is 191 Å². The lowest BCUT2D eigenvalue weighted by Crippen LogP contribution is -2.71. The van der Waals surface area contributed by atoms with Gasteiger partial charge in [-0.05, 0) is 22.9 Å². The molecule has 0 bridgehead atoms. The first kappa shape index (κ1) is 24.0. The van der Waals surface area contributed by atoms with Crippen molar-refractivity contribution >= 4 is 63.5 Å². The van der Waals surface area contributed by atoms with E-state index in [0.717, 1.165) is 11.3 Å². The van der Waals surface area contributed by atoms with E-state index >= 15 is 0 Å². The van der Waals surface area contributed by atoms with Crippen LogP contribution in [0.15, 0.2) is 27.0 Å². The van der Waals surface area contributed by atoms with Crippen LogP contribution in [0.4, 0.5) is 5.13 Å². The maximum atomic E-state index is 12.9. The molecule has 2 aromatic heterocycles. The van der Waals surface area contributed by atoms with Gasteiger partial charge in [-0.2, -0.15) is 0 Å². The Labute approximate surface area is 205 Å². The molecule has 17 heteroatoms. The molecule has 34 heavy (non-hydrogen) atoms. The van der Waals surface area contributed by atoms with Gasteiger partial charge in [0, 0.05) is 23.9 Å². The fourth-order valence-electron chi connectivity index (χ4n) is 3.23. The number of aryl methyl sites for hydroxylation is 1. The summed E-state index contributed by atoms with van der Waals surface area (Å²) in [6.45, 7) is 1.93. The van der Waals surface area contributed by atoms with Gasteiger partial charge in [0.25, 0.3) is 11.8 Å². The third-order valence-electron chi connectivity index (χ3n) is 4.76. The summed E-state index contributed by atoms with van der Waals surface area (Å²) in [5.41, 5.74) is 6.23. The number of amides is 2. The van der Waals surface area contributed by atoms with E-state index in [4.69, 9.17) is 10.6 Å². The number of nitrogen functional groups attached to an aromatic ring is 1. The Bertz CT molecular complexity index is 1190. The zero-order valence-corrected chi connectivity index (χ0v) is 20.3. The van der Waals surface area contributed by atoms with Crippen LogP contribution < -0.4 is 11.1 Å². The molecule has 4 N–H and O–H groups in total. The average Bonchev–Trinajstić information content (AvgIpc) is 3.43. The molecule has 2 aliphatic rings. The standard InChI is InChI=1S/C17H19N9O5S3/c1-3-31-22-9(8-6-33-16(18)19-8)12(27)20-10-13(28)26-11(15(29)30)7(4-32-14(10)26)5-34-17-21-23-24-25(17)2/h6,10,14H,3-5H2,1-2H3,(H2,18,19)(H,20,27)(H,29,30)/t10-,14+/m1/s1. The van der Waals surface area contributed by atoms with Crippen LogP contribution in [-0.2, 0) is 26.3 Å². The van der Waals surface area contributed by atoms with Crippen LogP contribution in [0, 0.1) is 0 Å². The summed E-state index contributed by atoms with van der Waals surface area (Å²) in [6.07, 6.45) is 0. The van der Waals surface area contributed by atoms with E-state index in [1.165, 1.54) is 33.1 Å². The fourth-order valence-corrected chi connectivity index (χ4v) is 6.11. The normalized spacial score (nSPS) is 20.1. The van der Waals surface area contributed by atoms with Crippen LogP contribution in [0.1, 0.15) is 12.6 Å². The largest absolute Gasteiger partial charge is 0.477 e. The van der Waals surface area contributed by atoms with Crippen LogP contribution in [-0.4, -0.2) is 88.2 Å². The molecule has 180 valence electrons. The molecule has 0 unspecified atom stereocenters. The highest BCUT2D eigenvalue weighted by atomic mass is 32.2. The van der Waals surface area contributed by atoms with Crippen LogP contribution in [0.3, 0.4) is 0 Å². The highest BCUT2D eigenvalue weighted by Crippen LogP contribution is 2.41. The summed E-state index contributed by atoms with van der Waals surface area (Å²) < 4.78 is 1.47. The van der Waals surface area contributed by atoms with E-state index in [2.05, 4.69) is 31.0 Å². The Hall–Kier alpha value is -3.18. The van der Waals surface area contributed by atoms with Crippen molar-refractivity contribution in [2.24, 2.45) is 12.2 Å². The Kier molecular flexibility index (Phi) is 7.03. The van der Waals surface area contributed by atoms with Crippen molar-refractivity contribution < 1.29 is 24.3 Å². The van der Waals surface area contributed by atoms with E-state index in [0.29, 0.717) is 22.2 Å². The average molecular weight is 526 g/mol. The van der Waals surface area contributed by atoms with Gasteiger partial charge in [0.05, 0.1) is 0 Å². The SMILES string of the molecule is CCON=C(C(=O)N[C@@H]1C(=O)N2C(C(=O)O)=C(CSc3nnnn3C)CS[C@@H]12)c1csc(N)n1. The summed E-state index contributed by atoms with van der Waals surface area (Å²) >= 11 is 3.76. The molecule has 2 aromatic rings. The molecule has 0 spiro atoms. The smallest absolute Gasteiger partial charge is 0.352 e. The maximum Gasteiger partial charge on any atom is 0.352 e. The number of carbonyl (C=O) groups excluding carboxylic acids is 2. The van der Waals surface area contributed by atoms with Gasteiger partial charge in [0.15, 0.2) is 10.8 Å². The lowest BCUT2D eigenvalue weighted by Gasteiger charge is -2.49. The second kappa shape index (κ2) is 9.98. The number of nitrogens with zero attached hydrogens (tertiary/aromatic N) is 7. The molecule has 0 saturated carbocycles. The predicted octanol–water partition coefficient (Wildman–Crippen LogP) is -0.480. The monoisotopic (exact) mass is 525 g/mol. The summed E-state index contributed by atoms with van der Waals surface area (Å²) in [7, 11) is 1.68. The van der Waals surface area contributed by atoms with Gasteiger partial charge < -0.3 is 21.0 Å². The number of nitrogens with two attached hydrogens (primary N) is 1. The second-order valence-electron chi connectivity index (χ2n) is 6.92. The van der Waals surface area contributed by atoms with Crippen LogP contribution in [0.2, 0.25) is 0 Å². The molecule has 2 aliphatic heterocycles. The molecule has 2 atom stereocenters. The number of aliphatic carboxylic acids is 1. The Balaban J connectivity index is 1.49. The molecule has 4 heterocycles. The molecule has 0 aromatic carbocycles. The van der Waals surface area contributed by atoms with E-state index in [9.17, 15) is 19.5 Å². The fraction of sp³-hybridized carbons (Fsp3) is 0.412. The molecule has 0 aliphatic carbocycles. The van der Waals surface area contributed by atoms with Gasteiger partial charge >= 0.3 is 5.97 Å². The predicted molar refractivity (Wildman–Crippen MR) is 124 cm³/mol. The number of rotatable bonds is 9. The van der Waals surface area contributed by atoms with Crippen molar-refractivity contribution in [2.45, 2.75) is 23.5 Å². The van der Waals surface area contributed by atoms with E-state index in [-0.39, 0.29) is 28.8 Å². The zero-order valence-electron chi connectivity index (χ0n) is 17.9. The van der Waals surface area contributed by atoms with Gasteiger partial charge in [-0.1, -0.05) is 16.9 Å². The van der Waals surface area contributed by atoms with Crippen molar-refractivity contribution in [3.05, 3.63) is 22.3 Å². The van der Waals surface area contributed by atoms with Crippen LogP contribution in [0.25, 0.3) is 0 Å². The van der Waals surface area contributed by atoms with Gasteiger partial charge in [0.2, 0.25) is 5.16 Å². The number of tetrazole rings is 1. The molecule has 1 fully saturated rings. The van der Waals surface area contributed by atoms with Crippen molar-refractivity contribution in [1.82, 2.24) is 35.4 Å². The highest BCUT2D eigenvalue weighted by molar-refractivity contribution is 8.01. The van der Waals surface area contributed by atoms with E-state index < -0.39 is 29.2 Å². The third kappa shape index (κ3) is 4.58. The molecule has 14 nitrogen and oxygen atoms in total. The number of β-lactam (4-membered cyclic amide) rings is 1. The number of thiazole rings is 1. The number of hydrogen-bond donors (Lipinski definition) is 3. The number of oxime groups is 1. The summed E-state index contributed by atoms with van der Waals surface area (Å²) in [5.74, 6) is -1.75. The van der Waals surface area contributed by atoms with Crippen LogP contribution in [0.5, 0.6) is 0 Å². The van der Waals surface area contributed by atoms with Crippen molar-refractivity contribution in [3.8, 4) is 0 Å². The Morgan fingerprint density at radius 2 is 2.26 bits per heavy atom. The number of carbonyl (C=O) groups is 3. The van der Waals surface area contributed by atoms with Gasteiger partial charge in [0.1, 0.15) is 29.4 Å². The highest BCUT2D eigenvalue weighted by Gasteiger charge is 2.54. The zero-order chi connectivity index (χ0) is 24.4. The number of aromatic nitrogens is 5. The quantitative estimate of drug-likeness (QED) is 0.165. The number of carboxylic acid groups (broad SMARTS) is 1.